The van der Waals surface area contributed by atoms with Crippen LogP contribution in [-0.4, -0.2) is 15.7 Å². The quantitative estimate of drug-likeness (QED) is 0.743. The van der Waals surface area contributed by atoms with Gasteiger partial charge in [0.2, 0.25) is 5.91 Å². The summed E-state index contributed by atoms with van der Waals surface area (Å²) in [4.78, 5) is 25.0. The van der Waals surface area contributed by atoms with Crippen LogP contribution < -0.4 is 10.9 Å². The van der Waals surface area contributed by atoms with E-state index >= 15 is 0 Å². The molecular formula is C16H12BrN3O2S. The maximum absolute atomic E-state index is 12.1. The van der Waals surface area contributed by atoms with Crippen LogP contribution in [0.1, 0.15) is 0 Å². The molecule has 1 aromatic carbocycles. The molecule has 116 valence electrons. The molecule has 0 atom stereocenters. The lowest BCUT2D eigenvalue weighted by Crippen LogP contribution is -2.29. The Bertz CT molecular complexity index is 890. The third kappa shape index (κ3) is 3.94. The van der Waals surface area contributed by atoms with Crippen LogP contribution in [0.25, 0.3) is 10.6 Å². The van der Waals surface area contributed by atoms with Crippen molar-refractivity contribution in [1.82, 2.24) is 9.78 Å². The molecule has 7 heteroatoms. The molecule has 23 heavy (non-hydrogen) atoms. The first kappa shape index (κ1) is 15.6. The van der Waals surface area contributed by atoms with E-state index in [0.29, 0.717) is 11.4 Å². The molecule has 0 unspecified atom stereocenters. The molecule has 2 aromatic heterocycles. The number of carbonyl (C=O) groups is 1. The van der Waals surface area contributed by atoms with Crippen molar-refractivity contribution in [2.75, 3.05) is 5.32 Å². The van der Waals surface area contributed by atoms with E-state index in [1.54, 1.807) is 18.2 Å². The van der Waals surface area contributed by atoms with Crippen LogP contribution in [0.5, 0.6) is 0 Å². The Morgan fingerprint density at radius 2 is 2.09 bits per heavy atom. The fraction of sp³-hybridized carbons (Fsp3) is 0.0625. The van der Waals surface area contributed by atoms with Crippen molar-refractivity contribution in [3.05, 3.63) is 68.7 Å². The van der Waals surface area contributed by atoms with Gasteiger partial charge in [0, 0.05) is 16.2 Å². The van der Waals surface area contributed by atoms with Gasteiger partial charge in [-0.2, -0.15) is 5.10 Å². The summed E-state index contributed by atoms with van der Waals surface area (Å²) in [5, 5.41) is 8.94. The van der Waals surface area contributed by atoms with Crippen LogP contribution in [0.3, 0.4) is 0 Å². The zero-order valence-electron chi connectivity index (χ0n) is 11.9. The van der Waals surface area contributed by atoms with Crippen molar-refractivity contribution in [2.24, 2.45) is 0 Å². The van der Waals surface area contributed by atoms with Crippen LogP contribution in [-0.2, 0) is 11.3 Å². The second-order valence-electron chi connectivity index (χ2n) is 4.75. The molecule has 0 fully saturated rings. The summed E-state index contributed by atoms with van der Waals surface area (Å²) >= 11 is 4.87. The van der Waals surface area contributed by atoms with Crippen molar-refractivity contribution >= 4 is 38.9 Å². The Balaban J connectivity index is 1.78. The first-order valence-electron chi connectivity index (χ1n) is 6.79. The van der Waals surface area contributed by atoms with E-state index in [1.165, 1.54) is 22.1 Å². The number of nitrogens with zero attached hydrogens (tertiary/aromatic N) is 2. The van der Waals surface area contributed by atoms with Crippen LogP contribution >= 0.6 is 27.3 Å². The minimum atomic E-state index is -0.310. The molecule has 0 saturated heterocycles. The zero-order valence-corrected chi connectivity index (χ0v) is 14.3. The number of amides is 1. The molecule has 0 aliphatic carbocycles. The number of carbonyl (C=O) groups excluding carboxylic acids is 1. The molecule has 2 heterocycles. The summed E-state index contributed by atoms with van der Waals surface area (Å²) in [6, 6.07) is 14.2. The summed E-state index contributed by atoms with van der Waals surface area (Å²) in [5.41, 5.74) is 1.02. The Labute approximate surface area is 144 Å². The Kier molecular flexibility index (Phi) is 4.68. The fourth-order valence-electron chi connectivity index (χ4n) is 2.02. The summed E-state index contributed by atoms with van der Waals surface area (Å²) < 4.78 is 2.04. The van der Waals surface area contributed by atoms with Crippen molar-refractivity contribution in [3.8, 4) is 10.6 Å². The fourth-order valence-corrected chi connectivity index (χ4v) is 3.11. The monoisotopic (exact) mass is 389 g/mol. The molecule has 0 radical (unpaired) electrons. The molecular weight excluding hydrogens is 378 g/mol. The summed E-state index contributed by atoms with van der Waals surface area (Å²) in [6.07, 6.45) is 0. The van der Waals surface area contributed by atoms with Gasteiger partial charge in [0.25, 0.3) is 5.56 Å². The van der Waals surface area contributed by atoms with Crippen LogP contribution in [0.15, 0.2) is 63.2 Å². The van der Waals surface area contributed by atoms with E-state index in [0.717, 1.165) is 9.35 Å². The van der Waals surface area contributed by atoms with E-state index in [9.17, 15) is 9.59 Å². The maximum Gasteiger partial charge on any atom is 0.267 e. The Hall–Kier alpha value is -2.25. The molecule has 1 N–H and O–H groups in total. The molecule has 3 rings (SSSR count). The van der Waals surface area contributed by atoms with Crippen molar-refractivity contribution < 1.29 is 4.79 Å². The number of rotatable bonds is 4. The second-order valence-corrected chi connectivity index (χ2v) is 6.61. The third-order valence-corrected chi connectivity index (χ3v) is 4.43. The average Bonchev–Trinajstić information content (AvgIpc) is 3.04. The number of halogens is 1. The molecule has 0 aliphatic rings. The highest BCUT2D eigenvalue weighted by Gasteiger charge is 2.09. The van der Waals surface area contributed by atoms with Crippen molar-refractivity contribution in [1.29, 1.82) is 0 Å². The first-order valence-corrected chi connectivity index (χ1v) is 8.46. The predicted molar refractivity (Wildman–Crippen MR) is 94.6 cm³/mol. The average molecular weight is 390 g/mol. The van der Waals surface area contributed by atoms with E-state index in [-0.39, 0.29) is 18.0 Å². The van der Waals surface area contributed by atoms with Gasteiger partial charge >= 0.3 is 0 Å². The first-order chi connectivity index (χ1) is 11.1. The third-order valence-electron chi connectivity index (χ3n) is 3.04. The smallest absolute Gasteiger partial charge is 0.267 e. The number of thiophene rings is 1. The maximum atomic E-state index is 12.1. The lowest BCUT2D eigenvalue weighted by Gasteiger charge is -2.08. The minimum Gasteiger partial charge on any atom is -0.324 e. The summed E-state index contributed by atoms with van der Waals surface area (Å²) in [5.74, 6) is -0.305. The molecule has 0 aliphatic heterocycles. The topological polar surface area (TPSA) is 64.0 Å². The van der Waals surface area contributed by atoms with Crippen LogP contribution in [0, 0.1) is 0 Å². The zero-order chi connectivity index (χ0) is 16.2. The number of hydrogen-bond acceptors (Lipinski definition) is 4. The largest absolute Gasteiger partial charge is 0.324 e. The van der Waals surface area contributed by atoms with Gasteiger partial charge in [-0.3, -0.25) is 9.59 Å². The van der Waals surface area contributed by atoms with Gasteiger partial charge in [0.15, 0.2) is 0 Å². The normalized spacial score (nSPS) is 10.5. The molecule has 0 spiro atoms. The number of aromatic nitrogens is 2. The molecule has 0 saturated carbocycles. The van der Waals surface area contributed by atoms with Crippen molar-refractivity contribution in [2.45, 2.75) is 6.54 Å². The SMILES string of the molecule is O=C(Cn1nc(-c2cccs2)ccc1=O)Nc1cccc(Br)c1. The summed E-state index contributed by atoms with van der Waals surface area (Å²) in [7, 11) is 0. The lowest BCUT2D eigenvalue weighted by atomic mass is 10.3. The molecule has 1 amide bonds. The molecule has 5 nitrogen and oxygen atoms in total. The van der Waals surface area contributed by atoms with E-state index in [2.05, 4.69) is 26.3 Å². The standard InChI is InChI=1S/C16H12BrN3O2S/c17-11-3-1-4-12(9-11)18-15(21)10-20-16(22)7-6-13(19-20)14-5-2-8-23-14/h1-9H,10H2,(H,18,21). The highest BCUT2D eigenvalue weighted by atomic mass is 79.9. The van der Waals surface area contributed by atoms with E-state index in [4.69, 9.17) is 0 Å². The van der Waals surface area contributed by atoms with Gasteiger partial charge < -0.3 is 5.32 Å². The summed E-state index contributed by atoms with van der Waals surface area (Å²) in [6.45, 7) is -0.134. The van der Waals surface area contributed by atoms with Gasteiger partial charge in [-0.25, -0.2) is 4.68 Å². The number of benzene rings is 1. The number of anilines is 1. The van der Waals surface area contributed by atoms with Gasteiger partial charge in [-0.15, -0.1) is 11.3 Å². The van der Waals surface area contributed by atoms with Crippen LogP contribution in [0.4, 0.5) is 5.69 Å². The van der Waals surface area contributed by atoms with Gasteiger partial charge in [-0.05, 0) is 35.7 Å². The highest BCUT2D eigenvalue weighted by molar-refractivity contribution is 9.10. The predicted octanol–water partition coefficient (Wildman–Crippen LogP) is 3.37. The second kappa shape index (κ2) is 6.89. The lowest BCUT2D eigenvalue weighted by molar-refractivity contribution is -0.117. The van der Waals surface area contributed by atoms with E-state index in [1.807, 2.05) is 29.6 Å². The van der Waals surface area contributed by atoms with Gasteiger partial charge in [0.05, 0.1) is 4.88 Å². The van der Waals surface area contributed by atoms with E-state index < -0.39 is 0 Å². The van der Waals surface area contributed by atoms with Crippen molar-refractivity contribution in [3.63, 3.8) is 0 Å². The molecule has 3 aromatic rings. The Morgan fingerprint density at radius 3 is 2.83 bits per heavy atom. The minimum absolute atomic E-state index is 0.134. The number of hydrogen-bond donors (Lipinski definition) is 1. The number of nitrogens with one attached hydrogen (secondary N) is 1. The van der Waals surface area contributed by atoms with Gasteiger partial charge in [-0.1, -0.05) is 28.1 Å². The Morgan fingerprint density at radius 1 is 1.22 bits per heavy atom. The molecule has 0 bridgehead atoms. The van der Waals surface area contributed by atoms with Crippen LogP contribution in [0.2, 0.25) is 0 Å². The van der Waals surface area contributed by atoms with Gasteiger partial charge in [0.1, 0.15) is 12.2 Å². The highest BCUT2D eigenvalue weighted by Crippen LogP contribution is 2.21.